The van der Waals surface area contributed by atoms with E-state index in [4.69, 9.17) is 5.73 Å². The van der Waals surface area contributed by atoms with E-state index in [1.54, 1.807) is 0 Å². The van der Waals surface area contributed by atoms with Gasteiger partial charge in [0.2, 0.25) is 0 Å². The second-order valence-electron chi connectivity index (χ2n) is 5.58. The van der Waals surface area contributed by atoms with Crippen LogP contribution in [-0.2, 0) is 4.79 Å². The topological polar surface area (TPSA) is 55.1 Å². The molecule has 0 bridgehead atoms. The van der Waals surface area contributed by atoms with Crippen LogP contribution in [0.1, 0.15) is 39.7 Å². The van der Waals surface area contributed by atoms with Gasteiger partial charge in [0.05, 0.1) is 0 Å². The highest BCUT2D eigenvalue weighted by atomic mass is 16.1. The average molecular weight is 298 g/mol. The van der Waals surface area contributed by atoms with Gasteiger partial charge in [0.25, 0.3) is 0 Å². The molecule has 0 saturated heterocycles. The number of carbonyl (C=O) groups is 1. The van der Waals surface area contributed by atoms with Crippen molar-refractivity contribution in [3.05, 3.63) is 59.3 Å². The number of hydrogen-bond acceptors (Lipinski definition) is 3. The Morgan fingerprint density at radius 1 is 1.41 bits per heavy atom. The van der Waals surface area contributed by atoms with E-state index >= 15 is 0 Å². The molecule has 0 fully saturated rings. The van der Waals surface area contributed by atoms with Crippen molar-refractivity contribution in [2.75, 3.05) is 5.73 Å². The largest absolute Gasteiger partial charge is 0.399 e. The Bertz CT molecular complexity index is 610. The fourth-order valence-corrected chi connectivity index (χ4v) is 2.35. The van der Waals surface area contributed by atoms with Crippen molar-refractivity contribution in [1.82, 2.24) is 5.32 Å². The molecule has 0 aliphatic rings. The van der Waals surface area contributed by atoms with Gasteiger partial charge in [-0.05, 0) is 62.1 Å². The summed E-state index contributed by atoms with van der Waals surface area (Å²) < 4.78 is 0. The predicted molar refractivity (Wildman–Crippen MR) is 95.3 cm³/mol. The Kier molecular flexibility index (Phi) is 6.64. The van der Waals surface area contributed by atoms with E-state index in [0.29, 0.717) is 18.2 Å². The van der Waals surface area contributed by atoms with Crippen molar-refractivity contribution in [3.8, 4) is 0 Å². The molecule has 0 aliphatic heterocycles. The average Bonchev–Trinajstić information content (AvgIpc) is 2.48. The number of nitrogens with one attached hydrogen (secondary N) is 1. The van der Waals surface area contributed by atoms with Crippen LogP contribution in [0.5, 0.6) is 0 Å². The fourth-order valence-electron chi connectivity index (χ4n) is 2.35. The van der Waals surface area contributed by atoms with Crippen LogP contribution < -0.4 is 11.1 Å². The second-order valence-corrected chi connectivity index (χ2v) is 5.58. The summed E-state index contributed by atoms with van der Waals surface area (Å²) in [5.74, 6) is 0. The van der Waals surface area contributed by atoms with Gasteiger partial charge < -0.3 is 15.8 Å². The molecule has 118 valence electrons. The molecule has 0 unspecified atom stereocenters. The molecule has 0 saturated carbocycles. The maximum atomic E-state index is 11.1. The van der Waals surface area contributed by atoms with Crippen LogP contribution in [0, 0.1) is 0 Å². The van der Waals surface area contributed by atoms with E-state index in [0.717, 1.165) is 34.3 Å². The first-order valence-electron chi connectivity index (χ1n) is 7.52. The highest BCUT2D eigenvalue weighted by molar-refractivity contribution is 5.78. The van der Waals surface area contributed by atoms with Crippen molar-refractivity contribution in [1.29, 1.82) is 0 Å². The highest BCUT2D eigenvalue weighted by Crippen LogP contribution is 2.28. The van der Waals surface area contributed by atoms with E-state index in [-0.39, 0.29) is 0 Å². The van der Waals surface area contributed by atoms with Crippen LogP contribution in [0.15, 0.2) is 53.8 Å². The van der Waals surface area contributed by atoms with E-state index < -0.39 is 0 Å². The van der Waals surface area contributed by atoms with Crippen molar-refractivity contribution in [2.24, 2.45) is 0 Å². The number of nitrogens with two attached hydrogens (primary N) is 1. The highest BCUT2D eigenvalue weighted by Gasteiger charge is 2.13. The third-order valence-corrected chi connectivity index (χ3v) is 3.48. The SMILES string of the molecule is C=C(/C(=C\C)NC(C)C)/C(CC=O)=C(\C)c1cccc(N)c1. The third-order valence-electron chi connectivity index (χ3n) is 3.48. The van der Waals surface area contributed by atoms with Crippen LogP contribution in [-0.4, -0.2) is 12.3 Å². The number of aldehydes is 1. The molecular weight excluding hydrogens is 272 g/mol. The number of carbonyl (C=O) groups excluding carboxylic acids is 1. The molecule has 0 spiro atoms. The first kappa shape index (κ1) is 17.8. The standard InChI is InChI=1S/C19H26N2O/c1-6-19(21-13(2)3)15(5)18(10-11-22)14(4)16-8-7-9-17(20)12-16/h6-9,11-13,21H,5,10,20H2,1-4H3/b18-14+,19-6+. The summed E-state index contributed by atoms with van der Waals surface area (Å²) in [5, 5.41) is 3.37. The molecule has 0 heterocycles. The number of rotatable bonds is 7. The first-order chi connectivity index (χ1) is 10.4. The molecule has 1 aromatic carbocycles. The summed E-state index contributed by atoms with van der Waals surface area (Å²) in [6.45, 7) is 12.3. The lowest BCUT2D eigenvalue weighted by molar-refractivity contribution is -0.107. The van der Waals surface area contributed by atoms with Gasteiger partial charge in [-0.25, -0.2) is 0 Å². The van der Waals surface area contributed by atoms with Gasteiger partial charge in [-0.15, -0.1) is 0 Å². The van der Waals surface area contributed by atoms with Gasteiger partial charge >= 0.3 is 0 Å². The number of anilines is 1. The van der Waals surface area contributed by atoms with E-state index in [9.17, 15) is 4.79 Å². The van der Waals surface area contributed by atoms with Crippen molar-refractivity contribution in [2.45, 2.75) is 40.2 Å². The summed E-state index contributed by atoms with van der Waals surface area (Å²) in [6.07, 6.45) is 3.23. The number of nitrogen functional groups attached to an aromatic ring is 1. The Hall–Kier alpha value is -2.29. The van der Waals surface area contributed by atoms with Crippen LogP contribution >= 0.6 is 0 Å². The lowest BCUT2D eigenvalue weighted by atomic mass is 9.92. The molecule has 3 N–H and O–H groups in total. The van der Waals surface area contributed by atoms with Gasteiger partial charge in [-0.2, -0.15) is 0 Å². The minimum absolute atomic E-state index is 0.299. The van der Waals surface area contributed by atoms with Crippen LogP contribution in [0.25, 0.3) is 5.57 Å². The van der Waals surface area contributed by atoms with Gasteiger partial charge in [-0.1, -0.05) is 24.8 Å². The van der Waals surface area contributed by atoms with E-state index in [1.165, 1.54) is 0 Å². The zero-order valence-corrected chi connectivity index (χ0v) is 13.9. The molecule has 0 radical (unpaired) electrons. The van der Waals surface area contributed by atoms with Gasteiger partial charge in [0.15, 0.2) is 0 Å². The minimum atomic E-state index is 0.299. The maximum absolute atomic E-state index is 11.1. The van der Waals surface area contributed by atoms with Crippen LogP contribution in [0.4, 0.5) is 5.69 Å². The molecule has 0 aromatic heterocycles. The predicted octanol–water partition coefficient (Wildman–Crippen LogP) is 4.09. The number of benzene rings is 1. The van der Waals surface area contributed by atoms with E-state index in [2.05, 4.69) is 25.7 Å². The van der Waals surface area contributed by atoms with Crippen molar-refractivity contribution in [3.63, 3.8) is 0 Å². The first-order valence-corrected chi connectivity index (χ1v) is 7.52. The van der Waals surface area contributed by atoms with Gasteiger partial charge in [-0.3, -0.25) is 0 Å². The lowest BCUT2D eigenvalue weighted by Crippen LogP contribution is -2.23. The second kappa shape index (κ2) is 8.23. The molecular formula is C19H26N2O. The fraction of sp³-hybridized carbons (Fsp3) is 0.316. The summed E-state index contributed by atoms with van der Waals surface area (Å²) in [4.78, 5) is 11.1. The maximum Gasteiger partial charge on any atom is 0.124 e. The third kappa shape index (κ3) is 4.62. The van der Waals surface area contributed by atoms with Crippen LogP contribution in [0.2, 0.25) is 0 Å². The molecule has 1 rings (SSSR count). The number of hydrogen-bond donors (Lipinski definition) is 2. The molecule has 3 nitrogen and oxygen atoms in total. The lowest BCUT2D eigenvalue weighted by Gasteiger charge is -2.20. The van der Waals surface area contributed by atoms with Gasteiger partial charge in [0, 0.05) is 23.8 Å². The Morgan fingerprint density at radius 2 is 2.09 bits per heavy atom. The van der Waals surface area contributed by atoms with Crippen molar-refractivity contribution >= 4 is 17.5 Å². The zero-order chi connectivity index (χ0) is 16.7. The Labute approximate surface area is 133 Å². The van der Waals surface area contributed by atoms with E-state index in [1.807, 2.05) is 44.2 Å². The molecule has 0 atom stereocenters. The molecule has 3 heteroatoms. The molecule has 0 amide bonds. The molecule has 0 aliphatic carbocycles. The summed E-state index contributed by atoms with van der Waals surface area (Å²) in [5.41, 5.74) is 11.3. The van der Waals surface area contributed by atoms with Crippen molar-refractivity contribution < 1.29 is 4.79 Å². The summed E-state index contributed by atoms with van der Waals surface area (Å²) >= 11 is 0. The summed E-state index contributed by atoms with van der Waals surface area (Å²) in [6, 6.07) is 7.97. The van der Waals surface area contributed by atoms with Crippen LogP contribution in [0.3, 0.4) is 0 Å². The Morgan fingerprint density at radius 3 is 2.59 bits per heavy atom. The van der Waals surface area contributed by atoms with Gasteiger partial charge in [0.1, 0.15) is 6.29 Å². The number of allylic oxidation sites excluding steroid dienone is 3. The quantitative estimate of drug-likeness (QED) is 0.453. The molecule has 1 aromatic rings. The Balaban J connectivity index is 3.29. The normalized spacial score (nSPS) is 12.9. The monoisotopic (exact) mass is 298 g/mol. The smallest absolute Gasteiger partial charge is 0.124 e. The zero-order valence-electron chi connectivity index (χ0n) is 13.9. The minimum Gasteiger partial charge on any atom is -0.399 e. The molecule has 22 heavy (non-hydrogen) atoms. The summed E-state index contributed by atoms with van der Waals surface area (Å²) in [7, 11) is 0.